The molecule has 4 aromatic rings. The molecule has 0 aromatic carbocycles. The maximum Gasteiger partial charge on any atom is 0.183 e. The predicted octanol–water partition coefficient (Wildman–Crippen LogP) is 3.55. The van der Waals surface area contributed by atoms with Crippen molar-refractivity contribution >= 4 is 0 Å². The summed E-state index contributed by atoms with van der Waals surface area (Å²) >= 11 is 0. The Morgan fingerprint density at radius 1 is 1.30 bits per heavy atom. The van der Waals surface area contributed by atoms with Crippen molar-refractivity contribution in [2.75, 3.05) is 0 Å². The summed E-state index contributed by atoms with van der Waals surface area (Å²) in [6.45, 7) is 6.30. The van der Waals surface area contributed by atoms with Crippen LogP contribution in [0, 0.1) is 12.8 Å². The first-order valence-corrected chi connectivity index (χ1v) is 9.11. The van der Waals surface area contributed by atoms with Crippen molar-refractivity contribution in [2.24, 2.45) is 13.0 Å². The monoisotopic (exact) mass is 365 g/mol. The van der Waals surface area contributed by atoms with Crippen LogP contribution < -0.4 is 0 Å². The van der Waals surface area contributed by atoms with Gasteiger partial charge in [0, 0.05) is 13.5 Å². The number of aromatic amines is 1. The molecule has 0 amide bonds. The first kappa shape index (κ1) is 17.3. The molecular formula is C19H23N7O. The number of aryl methyl sites for hydroxylation is 2. The minimum Gasteiger partial charge on any atom is -0.460 e. The Morgan fingerprint density at radius 3 is 2.81 bits per heavy atom. The quantitative estimate of drug-likeness (QED) is 0.564. The van der Waals surface area contributed by atoms with Crippen LogP contribution in [0.3, 0.4) is 0 Å². The molecule has 4 rings (SSSR count). The second-order valence-electron chi connectivity index (χ2n) is 6.93. The van der Waals surface area contributed by atoms with Gasteiger partial charge in [0.15, 0.2) is 17.4 Å². The molecule has 4 aromatic heterocycles. The van der Waals surface area contributed by atoms with E-state index in [1.54, 1.807) is 15.6 Å². The Hall–Kier alpha value is -3.16. The second kappa shape index (κ2) is 6.86. The van der Waals surface area contributed by atoms with Crippen molar-refractivity contribution in [1.29, 1.82) is 0 Å². The zero-order chi connectivity index (χ0) is 19.0. The first-order valence-electron chi connectivity index (χ1n) is 9.11. The lowest BCUT2D eigenvalue weighted by Gasteiger charge is -2.02. The van der Waals surface area contributed by atoms with Crippen LogP contribution in [-0.2, 0) is 13.5 Å². The number of nitrogens with one attached hydrogen (secondary N) is 1. The summed E-state index contributed by atoms with van der Waals surface area (Å²) in [4.78, 5) is 4.77. The lowest BCUT2D eigenvalue weighted by atomic mass is 10.1. The van der Waals surface area contributed by atoms with Gasteiger partial charge in [0.05, 0.1) is 12.4 Å². The third kappa shape index (κ3) is 3.42. The van der Waals surface area contributed by atoms with Gasteiger partial charge in [-0.05, 0) is 31.0 Å². The summed E-state index contributed by atoms with van der Waals surface area (Å²) in [5.41, 5.74) is 2.38. The number of nitrogens with zero attached hydrogens (tertiary/aromatic N) is 6. The van der Waals surface area contributed by atoms with Crippen molar-refractivity contribution in [3.05, 3.63) is 42.2 Å². The average molecular weight is 365 g/mol. The summed E-state index contributed by atoms with van der Waals surface area (Å²) in [6, 6.07) is 5.78. The number of hydrogen-bond acceptors (Lipinski definition) is 5. The molecule has 4 heterocycles. The maximum absolute atomic E-state index is 5.68. The smallest absolute Gasteiger partial charge is 0.183 e. The Bertz CT molecular complexity index is 1050. The van der Waals surface area contributed by atoms with Gasteiger partial charge in [0.2, 0.25) is 0 Å². The topological polar surface area (TPSA) is 90.4 Å². The van der Waals surface area contributed by atoms with Crippen molar-refractivity contribution in [1.82, 2.24) is 34.7 Å². The Morgan fingerprint density at radius 2 is 2.15 bits per heavy atom. The average Bonchev–Trinajstić information content (AvgIpc) is 3.40. The summed E-state index contributed by atoms with van der Waals surface area (Å²) in [7, 11) is 1.88. The summed E-state index contributed by atoms with van der Waals surface area (Å²) in [6.07, 6.45) is 5.59. The van der Waals surface area contributed by atoms with Crippen LogP contribution in [0.2, 0.25) is 0 Å². The van der Waals surface area contributed by atoms with Gasteiger partial charge in [-0.3, -0.25) is 9.78 Å². The Labute approximate surface area is 157 Å². The second-order valence-corrected chi connectivity index (χ2v) is 6.93. The molecule has 0 radical (unpaired) electrons. The molecule has 0 aliphatic heterocycles. The van der Waals surface area contributed by atoms with Gasteiger partial charge in [-0.15, -0.1) is 0 Å². The highest BCUT2D eigenvalue weighted by Crippen LogP contribution is 2.26. The predicted molar refractivity (Wildman–Crippen MR) is 101 cm³/mol. The van der Waals surface area contributed by atoms with Crippen LogP contribution in [0.25, 0.3) is 28.7 Å². The number of furan rings is 1. The fourth-order valence-electron chi connectivity index (χ4n) is 2.90. The molecule has 0 fully saturated rings. The number of aromatic nitrogens is 7. The molecule has 0 aliphatic rings. The van der Waals surface area contributed by atoms with Crippen molar-refractivity contribution in [3.63, 3.8) is 0 Å². The van der Waals surface area contributed by atoms with E-state index in [9.17, 15) is 0 Å². The summed E-state index contributed by atoms with van der Waals surface area (Å²) in [5.74, 6) is 3.62. The highest BCUT2D eigenvalue weighted by atomic mass is 16.3. The first-order chi connectivity index (χ1) is 13.0. The molecule has 1 unspecified atom stereocenters. The van der Waals surface area contributed by atoms with Crippen molar-refractivity contribution < 1.29 is 4.42 Å². The van der Waals surface area contributed by atoms with E-state index in [-0.39, 0.29) is 0 Å². The van der Waals surface area contributed by atoms with Gasteiger partial charge in [-0.1, -0.05) is 20.3 Å². The molecule has 0 saturated heterocycles. The van der Waals surface area contributed by atoms with E-state index in [2.05, 4.69) is 29.1 Å². The van der Waals surface area contributed by atoms with Crippen LogP contribution in [0.15, 0.2) is 35.0 Å². The van der Waals surface area contributed by atoms with Gasteiger partial charge in [0.1, 0.15) is 22.8 Å². The molecule has 1 atom stereocenters. The number of H-pyrrole nitrogens is 1. The van der Waals surface area contributed by atoms with Crippen LogP contribution in [-0.4, -0.2) is 34.7 Å². The van der Waals surface area contributed by atoms with Crippen LogP contribution in [0.1, 0.15) is 31.9 Å². The van der Waals surface area contributed by atoms with Crippen LogP contribution in [0.5, 0.6) is 0 Å². The van der Waals surface area contributed by atoms with E-state index in [0.717, 1.165) is 41.6 Å². The third-order valence-corrected chi connectivity index (χ3v) is 4.63. The van der Waals surface area contributed by atoms with E-state index in [1.807, 2.05) is 38.4 Å². The van der Waals surface area contributed by atoms with Gasteiger partial charge < -0.3 is 4.42 Å². The normalized spacial score (nSPS) is 12.6. The largest absolute Gasteiger partial charge is 0.460 e. The number of rotatable bonds is 6. The molecule has 0 saturated carbocycles. The molecule has 0 aliphatic carbocycles. The standard InChI is InChI=1S/C19H23N7O/c1-5-12(2)8-18-21-19(26(24-18)14-10-20-25(4)11-14)16-9-15(22-23-16)17-7-6-13(3)27-17/h6-7,9-12H,5,8H2,1-4H3,(H,22,23). The minimum absolute atomic E-state index is 0.517. The fraction of sp³-hybridized carbons (Fsp3) is 0.368. The van der Waals surface area contributed by atoms with E-state index < -0.39 is 0 Å². The van der Waals surface area contributed by atoms with Gasteiger partial charge in [-0.25, -0.2) is 9.67 Å². The summed E-state index contributed by atoms with van der Waals surface area (Å²) < 4.78 is 9.23. The number of hydrogen-bond donors (Lipinski definition) is 1. The third-order valence-electron chi connectivity index (χ3n) is 4.63. The molecule has 0 spiro atoms. The summed E-state index contributed by atoms with van der Waals surface area (Å²) in [5, 5.41) is 16.4. The van der Waals surface area contributed by atoms with E-state index in [0.29, 0.717) is 17.4 Å². The van der Waals surface area contributed by atoms with E-state index >= 15 is 0 Å². The Balaban J connectivity index is 1.75. The van der Waals surface area contributed by atoms with Gasteiger partial charge >= 0.3 is 0 Å². The molecule has 8 heteroatoms. The Kier molecular flexibility index (Phi) is 4.39. The fourth-order valence-corrected chi connectivity index (χ4v) is 2.90. The maximum atomic E-state index is 5.68. The molecule has 27 heavy (non-hydrogen) atoms. The molecule has 0 bridgehead atoms. The molecular weight excluding hydrogens is 342 g/mol. The lowest BCUT2D eigenvalue weighted by Crippen LogP contribution is -2.01. The van der Waals surface area contributed by atoms with Crippen molar-refractivity contribution in [3.8, 4) is 28.7 Å². The SMILES string of the molecule is CCC(C)Cc1nc(-c2cc(-c3ccc(C)o3)[nH]n2)n(-c2cnn(C)c2)n1. The zero-order valence-electron chi connectivity index (χ0n) is 16.0. The molecule has 1 N–H and O–H groups in total. The lowest BCUT2D eigenvalue weighted by molar-refractivity contribution is 0.542. The van der Waals surface area contributed by atoms with Crippen LogP contribution >= 0.6 is 0 Å². The van der Waals surface area contributed by atoms with E-state index in [1.165, 1.54) is 0 Å². The van der Waals surface area contributed by atoms with Gasteiger partial charge in [0.25, 0.3) is 0 Å². The molecule has 140 valence electrons. The van der Waals surface area contributed by atoms with Gasteiger partial charge in [-0.2, -0.15) is 15.3 Å². The minimum atomic E-state index is 0.517. The highest BCUT2D eigenvalue weighted by molar-refractivity contribution is 5.62. The molecule has 8 nitrogen and oxygen atoms in total. The van der Waals surface area contributed by atoms with E-state index in [4.69, 9.17) is 14.5 Å². The van der Waals surface area contributed by atoms with Crippen molar-refractivity contribution in [2.45, 2.75) is 33.6 Å². The zero-order valence-corrected chi connectivity index (χ0v) is 16.0. The highest BCUT2D eigenvalue weighted by Gasteiger charge is 2.19. The van der Waals surface area contributed by atoms with Crippen LogP contribution in [0.4, 0.5) is 0 Å².